The van der Waals surface area contributed by atoms with Crippen LogP contribution in [0, 0.1) is 5.82 Å². The maximum absolute atomic E-state index is 13.6. The summed E-state index contributed by atoms with van der Waals surface area (Å²) in [6.45, 7) is 4.22. The summed E-state index contributed by atoms with van der Waals surface area (Å²) < 4.78 is 24.6. The van der Waals surface area contributed by atoms with Crippen molar-refractivity contribution < 1.29 is 18.4 Å². The van der Waals surface area contributed by atoms with E-state index in [4.69, 9.17) is 20.9 Å². The second kappa shape index (κ2) is 7.83. The molecule has 2 aromatic carbocycles. The van der Waals surface area contributed by atoms with Crippen molar-refractivity contribution in [3.8, 4) is 17.1 Å². The number of hydrogen-bond acceptors (Lipinski definition) is 5. The Kier molecular flexibility index (Phi) is 5.24. The van der Waals surface area contributed by atoms with E-state index in [0.717, 1.165) is 11.3 Å². The highest BCUT2D eigenvalue weighted by Gasteiger charge is 2.36. The van der Waals surface area contributed by atoms with Crippen LogP contribution in [0.4, 0.5) is 10.1 Å². The number of rotatable bonds is 5. The van der Waals surface area contributed by atoms with Gasteiger partial charge in [0.05, 0.1) is 22.7 Å². The summed E-state index contributed by atoms with van der Waals surface area (Å²) in [7, 11) is 0. The molecular weight excluding hydrogens is 397 g/mol. The third-order valence-electron chi connectivity index (χ3n) is 4.60. The summed E-state index contributed by atoms with van der Waals surface area (Å²) >= 11 is 6.14. The molecule has 1 saturated heterocycles. The first kappa shape index (κ1) is 19.4. The summed E-state index contributed by atoms with van der Waals surface area (Å²) in [5, 5.41) is 4.35. The van der Waals surface area contributed by atoms with E-state index in [0.29, 0.717) is 29.0 Å². The van der Waals surface area contributed by atoms with Crippen molar-refractivity contribution in [3.05, 3.63) is 59.2 Å². The van der Waals surface area contributed by atoms with Crippen LogP contribution in [0.5, 0.6) is 5.75 Å². The van der Waals surface area contributed by atoms with Crippen LogP contribution in [-0.2, 0) is 4.79 Å². The molecule has 3 aromatic rings. The number of anilines is 1. The number of carbonyl (C=O) groups is 1. The van der Waals surface area contributed by atoms with Gasteiger partial charge >= 0.3 is 0 Å². The van der Waals surface area contributed by atoms with Gasteiger partial charge in [-0.05, 0) is 56.3 Å². The number of halogens is 2. The van der Waals surface area contributed by atoms with Crippen molar-refractivity contribution in [2.24, 2.45) is 0 Å². The Balaban J connectivity index is 1.51. The number of amides is 1. The SMILES string of the molecule is CC(C)Oc1ccc(-c2noc(C3CC(=O)N(c4cc(F)ccc4Cl)C3)n2)cc1. The van der Waals surface area contributed by atoms with Gasteiger partial charge in [0.1, 0.15) is 11.6 Å². The lowest BCUT2D eigenvalue weighted by Gasteiger charge is -2.17. The molecule has 4 rings (SSSR count). The second-order valence-electron chi connectivity index (χ2n) is 7.15. The number of nitrogens with zero attached hydrogens (tertiary/aromatic N) is 3. The largest absolute Gasteiger partial charge is 0.491 e. The highest BCUT2D eigenvalue weighted by atomic mass is 35.5. The maximum atomic E-state index is 13.6. The first-order valence-corrected chi connectivity index (χ1v) is 9.64. The van der Waals surface area contributed by atoms with Crippen LogP contribution in [0.2, 0.25) is 5.02 Å². The molecule has 150 valence electrons. The summed E-state index contributed by atoms with van der Waals surface area (Å²) in [6.07, 6.45) is 0.280. The lowest BCUT2D eigenvalue weighted by molar-refractivity contribution is -0.117. The zero-order chi connectivity index (χ0) is 20.5. The molecular formula is C21H19ClFN3O3. The van der Waals surface area contributed by atoms with Crippen molar-refractivity contribution in [3.63, 3.8) is 0 Å². The van der Waals surface area contributed by atoms with E-state index in [1.165, 1.54) is 23.1 Å². The van der Waals surface area contributed by atoms with Gasteiger partial charge in [-0.25, -0.2) is 4.39 Å². The predicted octanol–water partition coefficient (Wildman–Crippen LogP) is 4.84. The van der Waals surface area contributed by atoms with Crippen LogP contribution >= 0.6 is 11.6 Å². The minimum atomic E-state index is -0.453. The standard InChI is InChI=1S/C21H19ClFN3O3/c1-12(2)28-16-6-3-13(4-7-16)20-24-21(29-25-20)14-9-19(27)26(11-14)18-10-15(23)5-8-17(18)22/h3-8,10,12,14H,9,11H2,1-2H3. The van der Waals surface area contributed by atoms with Crippen LogP contribution in [0.25, 0.3) is 11.4 Å². The lowest BCUT2D eigenvalue weighted by Crippen LogP contribution is -2.24. The first-order valence-electron chi connectivity index (χ1n) is 9.27. The van der Waals surface area contributed by atoms with Gasteiger partial charge in [0.2, 0.25) is 17.6 Å². The van der Waals surface area contributed by atoms with Crippen molar-refractivity contribution in [1.82, 2.24) is 10.1 Å². The quantitative estimate of drug-likeness (QED) is 0.596. The van der Waals surface area contributed by atoms with Crippen LogP contribution in [-0.4, -0.2) is 28.7 Å². The highest BCUT2D eigenvalue weighted by Crippen LogP contribution is 2.35. The molecule has 1 aliphatic rings. The van der Waals surface area contributed by atoms with E-state index < -0.39 is 5.82 Å². The molecule has 1 unspecified atom stereocenters. The minimum Gasteiger partial charge on any atom is -0.491 e. The molecule has 29 heavy (non-hydrogen) atoms. The molecule has 0 aliphatic carbocycles. The predicted molar refractivity (Wildman–Crippen MR) is 107 cm³/mol. The molecule has 0 spiro atoms. The smallest absolute Gasteiger partial charge is 0.232 e. The van der Waals surface area contributed by atoms with Crippen molar-refractivity contribution in [2.45, 2.75) is 32.3 Å². The Labute approximate surface area is 172 Å². The molecule has 1 aliphatic heterocycles. The summed E-state index contributed by atoms with van der Waals surface area (Å²) in [6, 6.07) is 11.3. The number of ether oxygens (including phenoxy) is 1. The number of hydrogen-bond donors (Lipinski definition) is 0. The Morgan fingerprint density at radius 2 is 2.00 bits per heavy atom. The maximum Gasteiger partial charge on any atom is 0.232 e. The fraction of sp³-hybridized carbons (Fsp3) is 0.286. The number of carbonyl (C=O) groups excluding carboxylic acids is 1. The molecule has 0 radical (unpaired) electrons. The van der Waals surface area contributed by atoms with E-state index in [-0.39, 0.29) is 24.3 Å². The molecule has 2 heterocycles. The molecule has 1 amide bonds. The Morgan fingerprint density at radius 3 is 2.72 bits per heavy atom. The average molecular weight is 416 g/mol. The minimum absolute atomic E-state index is 0.0899. The van der Waals surface area contributed by atoms with Crippen molar-refractivity contribution >= 4 is 23.2 Å². The summed E-state index contributed by atoms with van der Waals surface area (Å²) in [5.41, 5.74) is 1.13. The van der Waals surface area contributed by atoms with Crippen LogP contribution in [0.3, 0.4) is 0 Å². The van der Waals surface area contributed by atoms with Gasteiger partial charge in [0.25, 0.3) is 0 Å². The van der Waals surface area contributed by atoms with E-state index >= 15 is 0 Å². The van der Waals surface area contributed by atoms with Gasteiger partial charge in [-0.1, -0.05) is 16.8 Å². The van der Waals surface area contributed by atoms with Gasteiger partial charge in [-0.15, -0.1) is 0 Å². The van der Waals surface area contributed by atoms with Gasteiger partial charge in [-0.2, -0.15) is 4.98 Å². The monoisotopic (exact) mass is 415 g/mol. The molecule has 0 N–H and O–H groups in total. The second-order valence-corrected chi connectivity index (χ2v) is 7.56. The third-order valence-corrected chi connectivity index (χ3v) is 4.92. The number of benzene rings is 2. The Morgan fingerprint density at radius 1 is 1.24 bits per heavy atom. The summed E-state index contributed by atoms with van der Waals surface area (Å²) in [4.78, 5) is 18.4. The van der Waals surface area contributed by atoms with Crippen molar-refractivity contribution in [1.29, 1.82) is 0 Å². The molecule has 6 nitrogen and oxygen atoms in total. The van der Waals surface area contributed by atoms with Gasteiger partial charge in [0, 0.05) is 18.5 Å². The Bertz CT molecular complexity index is 1040. The average Bonchev–Trinajstić information content (AvgIpc) is 3.31. The fourth-order valence-electron chi connectivity index (χ4n) is 3.27. The molecule has 1 fully saturated rings. The molecule has 8 heteroatoms. The van der Waals surface area contributed by atoms with Crippen LogP contribution in [0.15, 0.2) is 47.0 Å². The number of aromatic nitrogens is 2. The highest BCUT2D eigenvalue weighted by molar-refractivity contribution is 6.33. The van der Waals surface area contributed by atoms with E-state index in [1.54, 1.807) is 0 Å². The molecule has 1 atom stereocenters. The topological polar surface area (TPSA) is 68.5 Å². The van der Waals surface area contributed by atoms with E-state index in [2.05, 4.69) is 10.1 Å². The summed E-state index contributed by atoms with van der Waals surface area (Å²) in [5.74, 6) is 0.655. The van der Waals surface area contributed by atoms with Gasteiger partial charge in [-0.3, -0.25) is 4.79 Å². The molecule has 0 bridgehead atoms. The third kappa shape index (κ3) is 4.10. The van der Waals surface area contributed by atoms with Gasteiger partial charge in [0.15, 0.2) is 0 Å². The van der Waals surface area contributed by atoms with Gasteiger partial charge < -0.3 is 14.2 Å². The fourth-order valence-corrected chi connectivity index (χ4v) is 3.49. The zero-order valence-corrected chi connectivity index (χ0v) is 16.7. The zero-order valence-electron chi connectivity index (χ0n) is 15.9. The Hall–Kier alpha value is -2.93. The lowest BCUT2D eigenvalue weighted by atomic mass is 10.1. The van der Waals surface area contributed by atoms with Crippen molar-refractivity contribution in [2.75, 3.05) is 11.4 Å². The van der Waals surface area contributed by atoms with E-state index in [1.807, 2.05) is 38.1 Å². The normalized spacial score (nSPS) is 16.7. The molecule has 1 aromatic heterocycles. The van der Waals surface area contributed by atoms with Crippen LogP contribution in [0.1, 0.15) is 32.1 Å². The van der Waals surface area contributed by atoms with Crippen LogP contribution < -0.4 is 9.64 Å². The first-order chi connectivity index (χ1) is 13.9. The van der Waals surface area contributed by atoms with E-state index in [9.17, 15) is 9.18 Å². The molecule has 0 saturated carbocycles.